The molecular weight excluding hydrogens is 816 g/mol. The molecule has 0 aliphatic carbocycles. The average Bonchev–Trinajstić information content (AvgIpc) is 3.25. The van der Waals surface area contributed by atoms with E-state index in [0.717, 1.165) is 51.4 Å². The molecule has 0 saturated heterocycles. The molecule has 1 amide bonds. The molecule has 0 aliphatic rings. The summed E-state index contributed by atoms with van der Waals surface area (Å²) in [5, 5.41) is 14.0. The number of carbonyl (C=O) groups excluding carboxylic acids is 1. The summed E-state index contributed by atoms with van der Waals surface area (Å²) in [7, 11) is 1.31. The van der Waals surface area contributed by atoms with Gasteiger partial charge in [0.2, 0.25) is 5.91 Å². The van der Waals surface area contributed by atoms with Crippen LogP contribution >= 0.6 is 7.82 Å². The van der Waals surface area contributed by atoms with E-state index in [2.05, 4.69) is 55.6 Å². The zero-order valence-corrected chi connectivity index (χ0v) is 43.9. The maximum absolute atomic E-state index is 13.0. The highest BCUT2D eigenvalue weighted by Gasteiger charge is 2.24. The number of quaternary nitrogens is 1. The van der Waals surface area contributed by atoms with Crippen LogP contribution in [0.25, 0.3) is 0 Å². The fourth-order valence-corrected chi connectivity index (χ4v) is 8.77. The van der Waals surface area contributed by atoms with Crippen molar-refractivity contribution in [2.75, 3.05) is 40.9 Å². The minimum atomic E-state index is -4.57. The van der Waals surface area contributed by atoms with Crippen LogP contribution in [0.15, 0.2) is 36.5 Å². The van der Waals surface area contributed by atoms with E-state index < -0.39 is 20.0 Å². The van der Waals surface area contributed by atoms with Crippen LogP contribution in [0, 0.1) is 0 Å². The fraction of sp³-hybridized carbons (Fsp3) is 0.873. The summed E-state index contributed by atoms with van der Waals surface area (Å²) in [6, 6.07) is -0.803. The normalized spacial score (nSPS) is 14.3. The largest absolute Gasteiger partial charge is 0.756 e. The molecule has 0 aromatic heterocycles. The molecule has 0 aromatic carbocycles. The lowest BCUT2D eigenvalue weighted by atomic mass is 10.0. The van der Waals surface area contributed by atoms with Crippen LogP contribution in [0.3, 0.4) is 0 Å². The highest BCUT2D eigenvalue weighted by Crippen LogP contribution is 2.38. The number of hydrogen-bond acceptors (Lipinski definition) is 6. The number of carbonyl (C=O) groups is 1. The summed E-state index contributed by atoms with van der Waals surface area (Å²) >= 11 is 0. The number of likely N-dealkylation sites (N-methyl/N-ethyl adjacent to an activating group) is 1. The monoisotopic (exact) mass is 923 g/mol. The number of phosphoric ester groups is 1. The number of phosphoric acid groups is 1. The summed E-state index contributed by atoms with van der Waals surface area (Å²) in [6.45, 7) is 4.73. The van der Waals surface area contributed by atoms with Crippen LogP contribution in [0.2, 0.25) is 0 Å². The number of rotatable bonds is 50. The lowest BCUT2D eigenvalue weighted by Crippen LogP contribution is -2.46. The van der Waals surface area contributed by atoms with Gasteiger partial charge in [-0.25, -0.2) is 0 Å². The Morgan fingerprint density at radius 2 is 0.906 bits per heavy atom. The highest BCUT2D eigenvalue weighted by molar-refractivity contribution is 7.45. The van der Waals surface area contributed by atoms with E-state index in [9.17, 15) is 19.4 Å². The van der Waals surface area contributed by atoms with Crippen molar-refractivity contribution in [1.82, 2.24) is 5.32 Å². The van der Waals surface area contributed by atoms with Gasteiger partial charge in [0.05, 0.1) is 39.9 Å². The van der Waals surface area contributed by atoms with Crippen molar-refractivity contribution in [2.45, 2.75) is 270 Å². The molecule has 0 spiro atoms. The van der Waals surface area contributed by atoms with Crippen molar-refractivity contribution >= 4 is 13.7 Å². The van der Waals surface area contributed by atoms with E-state index in [1.165, 1.54) is 180 Å². The van der Waals surface area contributed by atoms with Gasteiger partial charge in [0, 0.05) is 6.42 Å². The van der Waals surface area contributed by atoms with Crippen LogP contribution in [-0.4, -0.2) is 68.5 Å². The van der Waals surface area contributed by atoms with Crippen LogP contribution in [-0.2, 0) is 18.4 Å². The number of unbranched alkanes of at least 4 members (excludes halogenated alkanes) is 31. The Labute approximate surface area is 397 Å². The predicted molar refractivity (Wildman–Crippen MR) is 275 cm³/mol. The first-order valence-corrected chi connectivity index (χ1v) is 28.8. The second-order valence-electron chi connectivity index (χ2n) is 19.9. The van der Waals surface area contributed by atoms with Crippen LogP contribution in [0.1, 0.15) is 258 Å². The Hall–Kier alpha value is -1.28. The SMILES string of the molecule is CCCCCCC/C=C\C/C=C\C/C=C\CCCCCCCCCCCCC(=O)NC(COP(=O)([O-])OCC[N+](C)(C)C)C(O)CCCCCCCCCCCCCCCCCCC. The van der Waals surface area contributed by atoms with Crippen molar-refractivity contribution < 1.29 is 32.9 Å². The molecule has 0 aromatic rings. The van der Waals surface area contributed by atoms with Gasteiger partial charge in [0.25, 0.3) is 7.82 Å². The maximum Gasteiger partial charge on any atom is 0.268 e. The summed E-state index contributed by atoms with van der Waals surface area (Å²) in [6.07, 6.45) is 58.7. The molecule has 3 atom stereocenters. The Bertz CT molecular complexity index is 1140. The lowest BCUT2D eigenvalue weighted by molar-refractivity contribution is -0.870. The summed E-state index contributed by atoms with van der Waals surface area (Å²) in [5.41, 5.74) is 0. The number of allylic oxidation sites excluding steroid dienone is 6. The number of nitrogens with zero attached hydrogens (tertiary/aromatic N) is 1. The molecule has 0 heterocycles. The van der Waals surface area contributed by atoms with Gasteiger partial charge in [-0.05, 0) is 51.4 Å². The molecule has 0 rings (SSSR count). The van der Waals surface area contributed by atoms with E-state index in [1.807, 2.05) is 21.1 Å². The molecule has 2 N–H and O–H groups in total. The molecule has 64 heavy (non-hydrogen) atoms. The minimum absolute atomic E-state index is 0.0114. The zero-order valence-electron chi connectivity index (χ0n) is 43.0. The first-order valence-electron chi connectivity index (χ1n) is 27.3. The molecule has 9 heteroatoms. The van der Waals surface area contributed by atoms with Crippen LogP contribution in [0.4, 0.5) is 0 Å². The Morgan fingerprint density at radius 1 is 0.547 bits per heavy atom. The summed E-state index contributed by atoms with van der Waals surface area (Å²) in [4.78, 5) is 25.5. The predicted octanol–water partition coefficient (Wildman–Crippen LogP) is 15.6. The zero-order chi connectivity index (χ0) is 47.1. The first-order chi connectivity index (χ1) is 31.0. The number of aliphatic hydroxyl groups is 1. The van der Waals surface area contributed by atoms with Gasteiger partial charge in [-0.3, -0.25) is 9.36 Å². The molecule has 0 fully saturated rings. The minimum Gasteiger partial charge on any atom is -0.756 e. The van der Waals surface area contributed by atoms with E-state index in [0.29, 0.717) is 23.9 Å². The maximum atomic E-state index is 13.0. The van der Waals surface area contributed by atoms with Gasteiger partial charge >= 0.3 is 0 Å². The Kier molecular flexibility index (Phi) is 45.9. The molecule has 3 unspecified atom stereocenters. The van der Waals surface area contributed by atoms with E-state index >= 15 is 0 Å². The number of nitrogens with one attached hydrogen (secondary N) is 1. The number of amides is 1. The van der Waals surface area contributed by atoms with E-state index in [4.69, 9.17) is 9.05 Å². The third-order valence-corrected chi connectivity index (χ3v) is 13.3. The van der Waals surface area contributed by atoms with Gasteiger partial charge in [-0.1, -0.05) is 237 Å². The molecule has 8 nitrogen and oxygen atoms in total. The first kappa shape index (κ1) is 62.7. The molecule has 378 valence electrons. The van der Waals surface area contributed by atoms with Gasteiger partial charge in [-0.2, -0.15) is 0 Å². The standard InChI is InChI=1S/C55H107N2O6P/c1-6-8-10-12-14-16-18-20-22-24-25-26-27-28-29-30-31-33-35-37-39-41-43-45-47-49-55(59)56-53(52-63-64(60,61)62-51-50-57(3,4)5)54(58)48-46-44-42-40-38-36-34-32-23-21-19-17-15-13-11-9-7-2/h18,20,24-25,27-28,53-54,58H,6-17,19,21-23,26,29-52H2,1-5H3,(H-,56,59,60,61)/b20-18-,25-24-,28-27-. The van der Waals surface area contributed by atoms with Crippen molar-refractivity contribution in [2.24, 2.45) is 0 Å². The number of hydrogen-bond donors (Lipinski definition) is 2. The van der Waals surface area contributed by atoms with Crippen molar-refractivity contribution in [1.29, 1.82) is 0 Å². The van der Waals surface area contributed by atoms with Gasteiger partial charge in [0.15, 0.2) is 0 Å². The third kappa shape index (κ3) is 48.6. The van der Waals surface area contributed by atoms with Crippen molar-refractivity contribution in [3.8, 4) is 0 Å². The Morgan fingerprint density at radius 3 is 1.31 bits per heavy atom. The van der Waals surface area contributed by atoms with E-state index in [1.54, 1.807) is 0 Å². The third-order valence-electron chi connectivity index (χ3n) is 12.4. The molecule has 0 saturated carbocycles. The average molecular weight is 923 g/mol. The summed E-state index contributed by atoms with van der Waals surface area (Å²) in [5.74, 6) is -0.167. The van der Waals surface area contributed by atoms with Crippen molar-refractivity contribution in [3.05, 3.63) is 36.5 Å². The quantitative estimate of drug-likeness (QED) is 0.0272. The highest BCUT2D eigenvalue weighted by atomic mass is 31.2. The van der Waals surface area contributed by atoms with Crippen LogP contribution < -0.4 is 10.2 Å². The van der Waals surface area contributed by atoms with Crippen LogP contribution in [0.5, 0.6) is 0 Å². The molecule has 0 bridgehead atoms. The summed E-state index contributed by atoms with van der Waals surface area (Å²) < 4.78 is 23.4. The lowest BCUT2D eigenvalue weighted by Gasteiger charge is -2.30. The molecule has 0 radical (unpaired) electrons. The van der Waals surface area contributed by atoms with Gasteiger partial charge < -0.3 is 28.8 Å². The number of aliphatic hydroxyl groups excluding tert-OH is 1. The van der Waals surface area contributed by atoms with Crippen molar-refractivity contribution in [3.63, 3.8) is 0 Å². The second kappa shape index (κ2) is 46.8. The smallest absolute Gasteiger partial charge is 0.268 e. The van der Waals surface area contributed by atoms with Gasteiger partial charge in [0.1, 0.15) is 13.2 Å². The second-order valence-corrected chi connectivity index (χ2v) is 21.4. The topological polar surface area (TPSA) is 108 Å². The van der Waals surface area contributed by atoms with Gasteiger partial charge in [-0.15, -0.1) is 0 Å². The Balaban J connectivity index is 4.20. The fourth-order valence-electron chi connectivity index (χ4n) is 8.05. The molecular formula is C55H107N2O6P. The van der Waals surface area contributed by atoms with E-state index in [-0.39, 0.29) is 19.1 Å². The molecule has 0 aliphatic heterocycles.